The van der Waals surface area contributed by atoms with Crippen molar-refractivity contribution < 1.29 is 27.8 Å². The maximum Gasteiger partial charge on any atom is 0.407 e. The predicted molar refractivity (Wildman–Crippen MR) is 130 cm³/mol. The third-order valence-corrected chi connectivity index (χ3v) is 5.48. The van der Waals surface area contributed by atoms with Gasteiger partial charge in [-0.3, -0.25) is 4.79 Å². The Morgan fingerprint density at radius 2 is 1.91 bits per heavy atom. The first-order valence-corrected chi connectivity index (χ1v) is 11.4. The van der Waals surface area contributed by atoms with Gasteiger partial charge in [-0.2, -0.15) is 0 Å². The van der Waals surface area contributed by atoms with Crippen molar-refractivity contribution in [2.75, 3.05) is 6.61 Å². The zero-order valence-corrected chi connectivity index (χ0v) is 21.0. The number of aromatic nitrogens is 2. The van der Waals surface area contributed by atoms with E-state index in [9.17, 15) is 18.4 Å². The van der Waals surface area contributed by atoms with Gasteiger partial charge in [-0.05, 0) is 51.0 Å². The molecular weight excluding hydrogens is 480 g/mol. The van der Waals surface area contributed by atoms with Crippen LogP contribution < -0.4 is 10.1 Å². The van der Waals surface area contributed by atoms with Crippen LogP contribution in [0.25, 0.3) is 11.0 Å². The van der Waals surface area contributed by atoms with E-state index in [1.54, 1.807) is 50.6 Å². The minimum atomic E-state index is -2.66. The Labute approximate surface area is 207 Å². The molecule has 0 spiro atoms. The molecule has 10 heteroatoms. The number of rotatable bonds is 8. The molecule has 1 aromatic heterocycles. The number of fused-ring (bicyclic) bond motifs is 1. The molecule has 3 rings (SSSR count). The predicted octanol–water partition coefficient (Wildman–Crippen LogP) is 5.69. The van der Waals surface area contributed by atoms with Crippen LogP contribution in [0.15, 0.2) is 30.3 Å². The highest BCUT2D eigenvalue weighted by atomic mass is 35.5. The van der Waals surface area contributed by atoms with Crippen molar-refractivity contribution in [3.05, 3.63) is 57.9 Å². The summed E-state index contributed by atoms with van der Waals surface area (Å²) >= 11 is 6.43. The topological polar surface area (TPSA) is 82.5 Å². The molecule has 0 aliphatic heterocycles. The highest BCUT2D eigenvalue weighted by Crippen LogP contribution is 2.29. The first-order chi connectivity index (χ1) is 16.3. The van der Waals surface area contributed by atoms with Crippen molar-refractivity contribution in [3.8, 4) is 5.75 Å². The Morgan fingerprint density at radius 1 is 1.20 bits per heavy atom. The number of aryl methyl sites for hydroxylation is 1. The fourth-order valence-corrected chi connectivity index (χ4v) is 3.69. The van der Waals surface area contributed by atoms with Crippen molar-refractivity contribution in [1.82, 2.24) is 14.9 Å². The molecule has 3 aromatic rings. The number of carbonyl (C=O) groups is 2. The second-order valence-electron chi connectivity index (χ2n) is 9.14. The normalized spacial score (nSPS) is 11.7. The zero-order chi connectivity index (χ0) is 25.9. The van der Waals surface area contributed by atoms with Crippen LogP contribution in [0.2, 0.25) is 5.02 Å². The number of alkyl halides is 2. The average Bonchev–Trinajstić information content (AvgIpc) is 3.05. The second-order valence-corrected chi connectivity index (χ2v) is 9.55. The zero-order valence-electron chi connectivity index (χ0n) is 20.2. The van der Waals surface area contributed by atoms with Crippen LogP contribution in [0.3, 0.4) is 0 Å². The lowest BCUT2D eigenvalue weighted by Crippen LogP contribution is -2.32. The lowest BCUT2D eigenvalue weighted by Gasteiger charge is -2.19. The van der Waals surface area contributed by atoms with Crippen LogP contribution in [0.4, 0.5) is 13.6 Å². The molecule has 1 N–H and O–H groups in total. The number of amides is 1. The van der Waals surface area contributed by atoms with Gasteiger partial charge in [0.05, 0.1) is 16.6 Å². The van der Waals surface area contributed by atoms with Gasteiger partial charge in [-0.25, -0.2) is 18.6 Å². The summed E-state index contributed by atoms with van der Waals surface area (Å²) in [4.78, 5) is 28.6. The van der Waals surface area contributed by atoms with Crippen LogP contribution in [0.1, 0.15) is 55.0 Å². The van der Waals surface area contributed by atoms with Gasteiger partial charge in [0.1, 0.15) is 23.8 Å². The highest BCUT2D eigenvalue weighted by Gasteiger charge is 2.19. The lowest BCUT2D eigenvalue weighted by molar-refractivity contribution is 0.0523. The smallest absolute Gasteiger partial charge is 0.407 e. The van der Waals surface area contributed by atoms with Gasteiger partial charge in [0.25, 0.3) is 6.43 Å². The summed E-state index contributed by atoms with van der Waals surface area (Å²) in [6.07, 6.45) is -2.81. The number of ether oxygens (including phenoxy) is 2. The van der Waals surface area contributed by atoms with Gasteiger partial charge in [0.2, 0.25) is 0 Å². The fraction of sp³-hybridized carbons (Fsp3) is 0.400. The molecule has 1 amide bonds. The Kier molecular flexibility index (Phi) is 8.00. The molecule has 35 heavy (non-hydrogen) atoms. The number of nitrogens with one attached hydrogen (secondary N) is 1. The van der Waals surface area contributed by atoms with Crippen molar-refractivity contribution in [2.24, 2.45) is 7.05 Å². The Morgan fingerprint density at radius 3 is 2.54 bits per heavy atom. The third kappa shape index (κ3) is 6.91. The van der Waals surface area contributed by atoms with Crippen molar-refractivity contribution in [3.63, 3.8) is 0 Å². The quantitative estimate of drug-likeness (QED) is 0.396. The number of hydrogen-bond donors (Lipinski definition) is 1. The minimum Gasteiger partial charge on any atom is -0.487 e. The summed E-state index contributed by atoms with van der Waals surface area (Å²) in [5.74, 6) is 0.435. The summed E-state index contributed by atoms with van der Waals surface area (Å²) in [5.41, 5.74) is 2.38. The SMILES string of the molecule is CC(=O)c1cc2nc(Cc3cc(CNC(=O)OC(C)(C)C)ccc3Cl)n(C)c2cc1OCC(F)F. The van der Waals surface area contributed by atoms with Crippen molar-refractivity contribution in [2.45, 2.75) is 52.7 Å². The van der Waals surface area contributed by atoms with Gasteiger partial charge in [-0.15, -0.1) is 0 Å². The third-order valence-electron chi connectivity index (χ3n) is 5.11. The standard InChI is InChI=1S/C25H28ClF2N3O4/c1-14(32)17-10-19-20(11-21(17)34-13-22(27)28)31(5)23(30-19)9-16-8-15(6-7-18(16)26)12-29-24(33)35-25(2,3)4/h6-8,10-11,22H,9,12-13H2,1-5H3,(H,29,33). The molecule has 1 heterocycles. The number of halogens is 3. The Hall–Kier alpha value is -3.20. The summed E-state index contributed by atoms with van der Waals surface area (Å²) in [7, 11) is 1.79. The number of imidazole rings is 1. The van der Waals surface area contributed by atoms with Crippen LogP contribution in [-0.4, -0.2) is 40.1 Å². The summed E-state index contributed by atoms with van der Waals surface area (Å²) in [5, 5.41) is 3.25. The van der Waals surface area contributed by atoms with Crippen molar-refractivity contribution >= 4 is 34.5 Å². The summed E-state index contributed by atoms with van der Waals surface area (Å²) in [6.45, 7) is 6.16. The van der Waals surface area contributed by atoms with Gasteiger partial charge in [0, 0.05) is 31.1 Å². The van der Waals surface area contributed by atoms with E-state index in [4.69, 9.17) is 21.1 Å². The van der Waals surface area contributed by atoms with E-state index < -0.39 is 24.7 Å². The van der Waals surface area contributed by atoms with Crippen LogP contribution in [-0.2, 0) is 24.8 Å². The molecule has 0 atom stereocenters. The Bertz CT molecular complexity index is 1250. The van der Waals surface area contributed by atoms with Gasteiger partial charge >= 0.3 is 6.09 Å². The molecule has 0 saturated carbocycles. The van der Waals surface area contributed by atoms with Gasteiger partial charge in [0.15, 0.2) is 5.78 Å². The fourth-order valence-electron chi connectivity index (χ4n) is 3.51. The molecule has 0 unspecified atom stereocenters. The maximum absolute atomic E-state index is 12.7. The molecule has 7 nitrogen and oxygen atoms in total. The number of hydrogen-bond acceptors (Lipinski definition) is 5. The molecule has 0 saturated heterocycles. The minimum absolute atomic E-state index is 0.0908. The molecule has 188 valence electrons. The molecular formula is C25H28ClF2N3O4. The van der Waals surface area contributed by atoms with E-state index in [-0.39, 0.29) is 23.6 Å². The highest BCUT2D eigenvalue weighted by molar-refractivity contribution is 6.31. The maximum atomic E-state index is 12.7. The lowest BCUT2D eigenvalue weighted by atomic mass is 10.1. The van der Waals surface area contributed by atoms with Crippen LogP contribution in [0, 0.1) is 0 Å². The molecule has 0 aliphatic rings. The summed E-state index contributed by atoms with van der Waals surface area (Å²) < 4.78 is 37.6. The van der Waals surface area contributed by atoms with E-state index in [0.29, 0.717) is 28.3 Å². The van der Waals surface area contributed by atoms with Gasteiger partial charge < -0.3 is 19.4 Å². The number of Topliss-reactive ketones (excluding diaryl/α,β-unsaturated/α-hetero) is 1. The molecule has 0 aliphatic carbocycles. The van der Waals surface area contributed by atoms with E-state index in [1.165, 1.54) is 6.92 Å². The number of carbonyl (C=O) groups excluding carboxylic acids is 2. The summed E-state index contributed by atoms with van der Waals surface area (Å²) in [6, 6.07) is 8.52. The Balaban J connectivity index is 1.86. The second kappa shape index (κ2) is 10.6. The van der Waals surface area contributed by atoms with E-state index in [2.05, 4.69) is 10.3 Å². The first-order valence-electron chi connectivity index (χ1n) is 11.0. The van der Waals surface area contributed by atoms with E-state index in [1.807, 2.05) is 12.1 Å². The monoisotopic (exact) mass is 507 g/mol. The molecule has 0 radical (unpaired) electrons. The number of ketones is 1. The average molecular weight is 508 g/mol. The van der Waals surface area contributed by atoms with Crippen molar-refractivity contribution in [1.29, 1.82) is 0 Å². The molecule has 2 aromatic carbocycles. The van der Waals surface area contributed by atoms with E-state index in [0.717, 1.165) is 11.1 Å². The molecule has 0 bridgehead atoms. The van der Waals surface area contributed by atoms with Crippen LogP contribution in [0.5, 0.6) is 5.75 Å². The number of benzene rings is 2. The number of alkyl carbamates (subject to hydrolysis) is 1. The van der Waals surface area contributed by atoms with E-state index >= 15 is 0 Å². The first kappa shape index (κ1) is 26.4. The van der Waals surface area contributed by atoms with Crippen LogP contribution >= 0.6 is 11.6 Å². The number of nitrogens with zero attached hydrogens (tertiary/aromatic N) is 2. The van der Waals surface area contributed by atoms with Gasteiger partial charge in [-0.1, -0.05) is 23.7 Å². The molecule has 0 fully saturated rings. The largest absolute Gasteiger partial charge is 0.487 e.